The molecule has 0 unspecified atom stereocenters. The van der Waals surface area contributed by atoms with Gasteiger partial charge in [-0.15, -0.1) is 46.4 Å². The van der Waals surface area contributed by atoms with Crippen LogP contribution in [0.2, 0.25) is 0 Å². The number of carbonyl (C=O) groups excluding carboxylic acids is 1. The van der Waals surface area contributed by atoms with E-state index >= 15 is 0 Å². The molecule has 0 saturated carbocycles. The second kappa shape index (κ2) is 30.7. The molecule has 8 rings (SSSR count). The Labute approximate surface area is 521 Å². The van der Waals surface area contributed by atoms with Gasteiger partial charge in [0.2, 0.25) is 0 Å². The molecule has 4 aliphatic heterocycles. The lowest BCUT2D eigenvalue weighted by Crippen LogP contribution is -2.42. The maximum absolute atomic E-state index is 14.9. The number of aliphatic hydroxyl groups excluding tert-OH is 2. The molecule has 4 N–H and O–H groups in total. The number of carbonyl (C=O) groups is 1. The first-order chi connectivity index (χ1) is 41.3. The number of anilines is 1. The largest absolute Gasteiger partial charge is 0.393 e. The Morgan fingerprint density at radius 2 is 0.886 bits per heavy atom. The molecule has 0 aliphatic carbocycles. The summed E-state index contributed by atoms with van der Waals surface area (Å²) in [4.78, 5) is 73.4. The molecule has 36 heteroatoms. The molecule has 0 amide bonds. The zero-order valence-corrected chi connectivity index (χ0v) is 53.9. The first-order valence-electron chi connectivity index (χ1n) is 26.5. The Kier molecular flexibility index (Phi) is 25.9. The fraction of sp³-hybridized carbons (Fsp3) is 0.596. The fourth-order valence-electron chi connectivity index (χ4n) is 9.30. The van der Waals surface area contributed by atoms with E-state index in [9.17, 15) is 60.9 Å². The van der Waals surface area contributed by atoms with E-state index in [4.69, 9.17) is 89.2 Å². The molecule has 4 aromatic rings. The Hall–Kier alpha value is -4.59. The molecule has 4 aromatic heterocycles. The summed E-state index contributed by atoms with van der Waals surface area (Å²) in [5.41, 5.74) is -1.27. The molecular weight excluding hydrogens is 1300 g/mol. The Morgan fingerprint density at radius 1 is 0.557 bits per heavy atom. The van der Waals surface area contributed by atoms with E-state index in [1.54, 1.807) is 52.8 Å². The van der Waals surface area contributed by atoms with Crippen molar-refractivity contribution in [2.45, 2.75) is 120 Å². The number of nitrogen functional groups attached to an aromatic ring is 1. The normalized spacial score (nSPS) is 32.1. The van der Waals surface area contributed by atoms with E-state index < -0.39 is 140 Å². The van der Waals surface area contributed by atoms with Gasteiger partial charge in [-0.25, -0.2) is 36.7 Å². The number of alkyl halides is 8. The van der Waals surface area contributed by atoms with Gasteiger partial charge in [-0.05, 0) is 57.2 Å². The van der Waals surface area contributed by atoms with Gasteiger partial charge in [-0.3, -0.25) is 27.4 Å². The number of halogens is 8. The molecule has 490 valence electrons. The quantitative estimate of drug-likeness (QED) is 0.0424. The van der Waals surface area contributed by atoms with Gasteiger partial charge in [0.1, 0.15) is 34.3 Å². The van der Waals surface area contributed by atoms with Crippen LogP contribution in [0.4, 0.5) is 23.4 Å². The number of nitrogens with two attached hydrogens (primary N) is 1. The minimum atomic E-state index is -3.59. The monoisotopic (exact) mass is 1370 g/mol. The van der Waals surface area contributed by atoms with Gasteiger partial charge in [0, 0.05) is 99.7 Å². The van der Waals surface area contributed by atoms with Crippen molar-refractivity contribution in [3.8, 4) is 0 Å². The lowest BCUT2D eigenvalue weighted by molar-refractivity contribution is -0.134. The number of aryl methyl sites for hydroxylation is 3. The maximum atomic E-state index is 14.9. The third kappa shape index (κ3) is 15.6. The number of rotatable bonds is 18. The zero-order valence-electron chi connectivity index (χ0n) is 49.1. The number of aromatic nitrogens is 8. The molecule has 0 radical (unpaired) electrons. The Morgan fingerprint density at radius 3 is 1.22 bits per heavy atom. The second-order valence-corrected chi connectivity index (χ2v) is 25.9. The predicted molar refractivity (Wildman–Crippen MR) is 315 cm³/mol. The van der Waals surface area contributed by atoms with Crippen molar-refractivity contribution in [3.63, 3.8) is 0 Å². The van der Waals surface area contributed by atoms with Gasteiger partial charge in [0.05, 0.1) is 30.1 Å². The summed E-state index contributed by atoms with van der Waals surface area (Å²) in [6, 6.07) is 6.04. The molecule has 26 nitrogen and oxygen atoms in total. The second-order valence-electron chi connectivity index (χ2n) is 20.6. The van der Waals surface area contributed by atoms with Crippen molar-refractivity contribution in [1.29, 1.82) is 0 Å². The van der Waals surface area contributed by atoms with Crippen LogP contribution in [0.3, 0.4) is 0 Å². The van der Waals surface area contributed by atoms with Crippen molar-refractivity contribution >= 4 is 73.7 Å². The van der Waals surface area contributed by atoms with Crippen molar-refractivity contribution in [2.24, 2.45) is 17.8 Å². The van der Waals surface area contributed by atoms with Crippen molar-refractivity contribution in [2.75, 3.05) is 64.3 Å². The van der Waals surface area contributed by atoms with Crippen LogP contribution in [0.15, 0.2) is 92.0 Å². The molecule has 0 bridgehead atoms. The maximum Gasteiger partial charge on any atom is 0.353 e. The lowest BCUT2D eigenvalue weighted by atomic mass is 9.89. The first-order valence-corrected chi connectivity index (χ1v) is 31.8. The number of aliphatic hydroxyl groups is 2. The van der Waals surface area contributed by atoms with Crippen LogP contribution in [0, 0.1) is 38.5 Å². The summed E-state index contributed by atoms with van der Waals surface area (Å²) < 4.78 is 128. The SMILES string of the molecule is COP(=O)(/C=C/[C@@]1(CCl)O[C@@H](n2ccc(C)nc2=O)[C@H](F)[C@@H]1C)OC.COP(=O)(/C=C/[C@@]1(CCl)O[C@@H](n2ccc(N)nc2=O)[C@H](F)[C@@H]1O)OC.Cc1ccn([C@@H]2O[C@@](C=O)(CCl)[C@@H](C)[C@H]2F)c(=O)n1.Cc1ccn([C@@H]2O[C@@](CO)(CCl)[C@@H](C)[C@H]2F)c(=O)n1. The molecule has 4 saturated heterocycles. The zero-order chi connectivity index (χ0) is 66.1. The van der Waals surface area contributed by atoms with E-state index in [0.29, 0.717) is 23.4 Å². The highest BCUT2D eigenvalue weighted by atomic mass is 35.5. The Bertz CT molecular complexity index is 3330. The first kappa shape index (κ1) is 74.1. The summed E-state index contributed by atoms with van der Waals surface area (Å²) in [6.45, 7) is 9.34. The van der Waals surface area contributed by atoms with Gasteiger partial charge >= 0.3 is 38.0 Å². The van der Waals surface area contributed by atoms with E-state index in [2.05, 4.69) is 19.9 Å². The molecular formula is C52H69Cl4F4N9O17P2. The van der Waals surface area contributed by atoms with Crippen LogP contribution in [-0.4, -0.2) is 166 Å². The number of ether oxygens (including phenoxy) is 4. The average Bonchev–Trinajstić information content (AvgIpc) is 1.94. The van der Waals surface area contributed by atoms with E-state index in [0.717, 1.165) is 44.4 Å². The molecule has 4 fully saturated rings. The molecule has 0 aromatic carbocycles. The number of aldehydes is 1. The Balaban J connectivity index is 0.000000215. The summed E-state index contributed by atoms with van der Waals surface area (Å²) in [5, 5.41) is 19.7. The smallest absolute Gasteiger partial charge is 0.353 e. The topological polar surface area (TPSA) is 331 Å². The van der Waals surface area contributed by atoms with Gasteiger partial charge in [0.15, 0.2) is 55.9 Å². The summed E-state index contributed by atoms with van der Waals surface area (Å²) >= 11 is 23.4. The third-order valence-electron chi connectivity index (χ3n) is 15.3. The lowest BCUT2D eigenvalue weighted by Gasteiger charge is -2.28. The van der Waals surface area contributed by atoms with Gasteiger partial charge in [-0.1, -0.05) is 20.8 Å². The van der Waals surface area contributed by atoms with Gasteiger partial charge in [0.25, 0.3) is 0 Å². The summed E-state index contributed by atoms with van der Waals surface area (Å²) in [5.74, 6) is -0.599. The molecule has 88 heavy (non-hydrogen) atoms. The number of nitrogens with zero attached hydrogens (tertiary/aromatic N) is 8. The highest BCUT2D eigenvalue weighted by molar-refractivity contribution is 7.57. The highest BCUT2D eigenvalue weighted by Gasteiger charge is 2.57. The molecule has 0 spiro atoms. The van der Waals surface area contributed by atoms with E-state index in [1.807, 2.05) is 0 Å². The van der Waals surface area contributed by atoms with Crippen LogP contribution in [0.5, 0.6) is 0 Å². The summed E-state index contributed by atoms with van der Waals surface area (Å²) in [7, 11) is -2.27. The van der Waals surface area contributed by atoms with Gasteiger partial charge in [-0.2, -0.15) is 19.9 Å². The molecule has 16 atom stereocenters. The highest BCUT2D eigenvalue weighted by Crippen LogP contribution is 2.53. The molecule has 8 heterocycles. The minimum absolute atomic E-state index is 0.0418. The number of hydrogen-bond acceptors (Lipinski definition) is 22. The van der Waals surface area contributed by atoms with Crippen LogP contribution >= 0.6 is 61.6 Å². The van der Waals surface area contributed by atoms with Crippen molar-refractivity contribution < 1.29 is 78.7 Å². The van der Waals surface area contributed by atoms with Crippen LogP contribution in [-0.2, 0) is 51.0 Å². The van der Waals surface area contributed by atoms with Crippen LogP contribution in [0.25, 0.3) is 0 Å². The molecule has 4 aliphatic rings. The van der Waals surface area contributed by atoms with Crippen LogP contribution < -0.4 is 28.5 Å². The van der Waals surface area contributed by atoms with E-state index in [-0.39, 0.29) is 29.3 Å². The summed E-state index contributed by atoms with van der Waals surface area (Å²) in [6.07, 6.45) is -4.71. The third-order valence-corrected chi connectivity index (χ3v) is 20.1. The average molecular weight is 1370 g/mol. The predicted octanol–water partition coefficient (Wildman–Crippen LogP) is 6.32. The van der Waals surface area contributed by atoms with Crippen molar-refractivity contribution in [1.82, 2.24) is 38.2 Å². The standard InChI is InChI=1S/C15H21ClFN2O5P.C13H18ClFN3O6P.C12H16ClFN2O3.C12H14ClFN2O3/c1-10-5-7-19(14(20)18-10)13-12(17)11(2)15(9-16,24-13)6-8-25(21,22-3)23-4;1-22-25(21,23-2)6-4-13(7-14)10(19)9(15)11(24-13)18-5-3-8(16)17-12(18)20;2*1-7-3-4-16(11(18)15-7)10-9(14)8(2)12(5-13,6-17)19-10/h5-8,11-13H,9H2,1-4H3;3-6,9-11,19H,7H2,1-2H3,(H2,16,17,20);3-4,8-10,17H,5-6H2,1-2H3;3-4,6,8-10H,5H2,1-2H3/b8-6+;6-4+;;/t11-,12+,13+,15-;9-,10+,11-,13+;2*8-,9+,10+,12+/m0100/s1. The van der Waals surface area contributed by atoms with Crippen molar-refractivity contribution in [3.05, 3.63) is 132 Å². The van der Waals surface area contributed by atoms with E-state index in [1.165, 1.54) is 63.9 Å². The van der Waals surface area contributed by atoms with Crippen LogP contribution in [0.1, 0.15) is 62.8 Å². The fourth-order valence-corrected chi connectivity index (χ4v) is 12.4. The van der Waals surface area contributed by atoms with Gasteiger partial charge < -0.3 is 57.8 Å². The minimum Gasteiger partial charge on any atom is -0.393 e. The number of hydrogen-bond donors (Lipinski definition) is 3.